The van der Waals surface area contributed by atoms with Gasteiger partial charge in [-0.25, -0.2) is 14.6 Å². The molecule has 0 unspecified atom stereocenters. The summed E-state index contributed by atoms with van der Waals surface area (Å²) in [6.45, 7) is 1.79. The summed E-state index contributed by atoms with van der Waals surface area (Å²) in [6.07, 6.45) is 3.42. The maximum Gasteiger partial charge on any atom is 0.435 e. The van der Waals surface area contributed by atoms with E-state index in [1.165, 1.54) is 17.1 Å². The molecule has 17 heavy (non-hydrogen) atoms. The highest BCUT2D eigenvalue weighted by Gasteiger charge is 2.22. The van der Waals surface area contributed by atoms with Gasteiger partial charge in [-0.1, -0.05) is 6.92 Å². The second-order valence-corrected chi connectivity index (χ2v) is 3.28. The smallest absolute Gasteiger partial charge is 0.358 e. The summed E-state index contributed by atoms with van der Waals surface area (Å²) < 4.78 is 1.41. The van der Waals surface area contributed by atoms with E-state index < -0.39 is 16.7 Å². The van der Waals surface area contributed by atoms with Gasteiger partial charge in [-0.2, -0.15) is 0 Å². The van der Waals surface area contributed by atoms with E-state index in [0.717, 1.165) is 0 Å². The molecule has 0 radical (unpaired) electrons. The summed E-state index contributed by atoms with van der Waals surface area (Å²) in [6, 6.07) is 0. The van der Waals surface area contributed by atoms with E-state index >= 15 is 0 Å². The van der Waals surface area contributed by atoms with Crippen molar-refractivity contribution in [1.29, 1.82) is 0 Å². The standard InChI is InChI=1S/C9H12N4O4/c1-3-4-8(14)17-11-9(13(15)16)7-5-10-6-12(7)2/h5-6H,3-4H2,1-2H3/b11-9-. The first-order valence-corrected chi connectivity index (χ1v) is 4.95. The summed E-state index contributed by atoms with van der Waals surface area (Å²) in [7, 11) is 1.58. The average Bonchev–Trinajstić information content (AvgIpc) is 2.65. The SMILES string of the molecule is CCCC(=O)O/N=C(/c1cncn1C)[N+](=O)[O-]. The number of imidazole rings is 1. The average molecular weight is 240 g/mol. The number of aromatic nitrogens is 2. The molecule has 0 atom stereocenters. The van der Waals surface area contributed by atoms with Crippen molar-refractivity contribution < 1.29 is 14.6 Å². The fourth-order valence-electron chi connectivity index (χ4n) is 1.09. The minimum Gasteiger partial charge on any atom is -0.358 e. The van der Waals surface area contributed by atoms with Crippen LogP contribution in [0.25, 0.3) is 0 Å². The third-order valence-electron chi connectivity index (χ3n) is 1.91. The van der Waals surface area contributed by atoms with Gasteiger partial charge in [-0.15, -0.1) is 0 Å². The van der Waals surface area contributed by atoms with Crippen LogP contribution in [0.1, 0.15) is 25.5 Å². The van der Waals surface area contributed by atoms with E-state index in [4.69, 9.17) is 0 Å². The summed E-state index contributed by atoms with van der Waals surface area (Å²) in [5.41, 5.74) is 0.166. The van der Waals surface area contributed by atoms with E-state index in [2.05, 4.69) is 15.0 Å². The molecule has 0 aliphatic carbocycles. The highest BCUT2D eigenvalue weighted by Crippen LogP contribution is 2.02. The molecule has 8 nitrogen and oxygen atoms in total. The molecule has 1 aromatic rings. The van der Waals surface area contributed by atoms with Crippen LogP contribution in [0.4, 0.5) is 0 Å². The van der Waals surface area contributed by atoms with Crippen molar-refractivity contribution in [2.75, 3.05) is 0 Å². The topological polar surface area (TPSA) is 99.6 Å². The molecule has 0 aliphatic rings. The summed E-state index contributed by atoms with van der Waals surface area (Å²) >= 11 is 0. The van der Waals surface area contributed by atoms with Crippen LogP contribution in [0.5, 0.6) is 0 Å². The van der Waals surface area contributed by atoms with Gasteiger partial charge in [0.15, 0.2) is 10.8 Å². The molecular weight excluding hydrogens is 228 g/mol. The first-order valence-electron chi connectivity index (χ1n) is 4.95. The van der Waals surface area contributed by atoms with Crippen molar-refractivity contribution in [2.45, 2.75) is 19.8 Å². The Morgan fingerprint density at radius 1 is 1.71 bits per heavy atom. The van der Waals surface area contributed by atoms with Gasteiger partial charge in [-0.3, -0.25) is 0 Å². The van der Waals surface area contributed by atoms with Crippen molar-refractivity contribution in [3.8, 4) is 0 Å². The number of nitrogens with zero attached hydrogens (tertiary/aromatic N) is 4. The molecule has 0 amide bonds. The number of hydrogen-bond acceptors (Lipinski definition) is 6. The van der Waals surface area contributed by atoms with Crippen molar-refractivity contribution in [3.05, 3.63) is 28.3 Å². The highest BCUT2D eigenvalue weighted by molar-refractivity contribution is 5.90. The van der Waals surface area contributed by atoms with Gasteiger partial charge in [0.25, 0.3) is 0 Å². The Hall–Kier alpha value is -2.25. The monoisotopic (exact) mass is 240 g/mol. The van der Waals surface area contributed by atoms with Gasteiger partial charge in [0, 0.05) is 7.05 Å². The number of oxime groups is 1. The Kier molecular flexibility index (Phi) is 4.32. The van der Waals surface area contributed by atoms with Crippen LogP contribution in [0.2, 0.25) is 0 Å². The molecule has 1 aromatic heterocycles. The van der Waals surface area contributed by atoms with E-state index in [0.29, 0.717) is 6.42 Å². The maximum atomic E-state index is 11.1. The molecule has 0 bridgehead atoms. The van der Waals surface area contributed by atoms with E-state index in [9.17, 15) is 14.9 Å². The fourth-order valence-corrected chi connectivity index (χ4v) is 1.09. The molecule has 0 aliphatic heterocycles. The number of rotatable bonds is 4. The van der Waals surface area contributed by atoms with Crippen LogP contribution >= 0.6 is 0 Å². The lowest BCUT2D eigenvalue weighted by Crippen LogP contribution is -2.18. The molecule has 0 saturated heterocycles. The van der Waals surface area contributed by atoms with Gasteiger partial charge >= 0.3 is 11.8 Å². The predicted octanol–water partition coefficient (Wildman–Crippen LogP) is 0.702. The molecule has 0 fully saturated rings. The summed E-state index contributed by atoms with van der Waals surface area (Å²) in [5, 5.41) is 14.0. The number of aryl methyl sites for hydroxylation is 1. The largest absolute Gasteiger partial charge is 0.435 e. The fraction of sp³-hybridized carbons (Fsp3) is 0.444. The Bertz CT molecular complexity index is 452. The van der Waals surface area contributed by atoms with Gasteiger partial charge in [-0.05, 0) is 11.3 Å². The lowest BCUT2D eigenvalue weighted by molar-refractivity contribution is -0.351. The molecule has 0 saturated carbocycles. The summed E-state index contributed by atoms with van der Waals surface area (Å²) in [4.78, 5) is 29.3. The molecule has 0 spiro atoms. The molecule has 1 heterocycles. The zero-order chi connectivity index (χ0) is 12.8. The van der Waals surface area contributed by atoms with E-state index in [1.807, 2.05) is 0 Å². The van der Waals surface area contributed by atoms with Crippen molar-refractivity contribution in [1.82, 2.24) is 9.55 Å². The molecular formula is C9H12N4O4. The molecule has 8 heteroatoms. The predicted molar refractivity (Wildman–Crippen MR) is 57.7 cm³/mol. The van der Waals surface area contributed by atoms with Gasteiger partial charge in [0.1, 0.15) is 0 Å². The van der Waals surface area contributed by atoms with Crippen LogP contribution in [0, 0.1) is 10.1 Å². The van der Waals surface area contributed by atoms with Gasteiger partial charge in [0.2, 0.25) is 0 Å². The first-order chi connectivity index (χ1) is 8.06. The molecule has 0 aromatic carbocycles. The van der Waals surface area contributed by atoms with Gasteiger partial charge in [0.05, 0.1) is 18.9 Å². The maximum absolute atomic E-state index is 11.1. The highest BCUT2D eigenvalue weighted by atomic mass is 16.7. The third kappa shape index (κ3) is 3.37. The number of carbonyl (C=O) groups excluding carboxylic acids is 1. The number of amidine groups is 1. The Labute approximate surface area is 97.0 Å². The van der Waals surface area contributed by atoms with Crippen LogP contribution < -0.4 is 0 Å². The minimum absolute atomic E-state index is 0.166. The second-order valence-electron chi connectivity index (χ2n) is 3.28. The second kappa shape index (κ2) is 5.73. The molecule has 0 N–H and O–H groups in total. The van der Waals surface area contributed by atoms with E-state index in [-0.39, 0.29) is 12.1 Å². The van der Waals surface area contributed by atoms with Crippen LogP contribution in [-0.4, -0.2) is 26.3 Å². The minimum atomic E-state index is -0.726. The third-order valence-corrected chi connectivity index (χ3v) is 1.91. The first kappa shape index (κ1) is 12.8. The van der Waals surface area contributed by atoms with Crippen LogP contribution in [0.3, 0.4) is 0 Å². The Balaban J connectivity index is 2.88. The summed E-state index contributed by atoms with van der Waals surface area (Å²) in [5.74, 6) is -1.15. The lowest BCUT2D eigenvalue weighted by Gasteiger charge is -1.97. The zero-order valence-corrected chi connectivity index (χ0v) is 9.49. The zero-order valence-electron chi connectivity index (χ0n) is 9.49. The quantitative estimate of drug-likeness (QED) is 0.253. The number of hydrogen-bond donors (Lipinski definition) is 0. The van der Waals surface area contributed by atoms with Crippen molar-refractivity contribution >= 4 is 11.8 Å². The normalized spacial score (nSPS) is 11.3. The Morgan fingerprint density at radius 3 is 2.88 bits per heavy atom. The molecule has 1 rings (SSSR count). The van der Waals surface area contributed by atoms with Crippen molar-refractivity contribution in [2.24, 2.45) is 12.2 Å². The number of carbonyl (C=O) groups is 1. The lowest BCUT2D eigenvalue weighted by atomic mass is 10.3. The Morgan fingerprint density at radius 2 is 2.41 bits per heavy atom. The van der Waals surface area contributed by atoms with Gasteiger partial charge < -0.3 is 14.7 Å². The molecule has 92 valence electrons. The van der Waals surface area contributed by atoms with E-state index in [1.54, 1.807) is 14.0 Å². The number of nitro groups is 1. The van der Waals surface area contributed by atoms with Crippen LogP contribution in [0.15, 0.2) is 17.7 Å². The van der Waals surface area contributed by atoms with Crippen molar-refractivity contribution in [3.63, 3.8) is 0 Å². The van der Waals surface area contributed by atoms with Crippen LogP contribution in [-0.2, 0) is 16.7 Å².